The molecular weight excluding hydrogens is 525 g/mol. The average Bonchev–Trinajstić information content (AvgIpc) is 2.88. The van der Waals surface area contributed by atoms with Gasteiger partial charge in [-0.05, 0) is 0 Å². The van der Waals surface area contributed by atoms with Crippen molar-refractivity contribution in [2.45, 2.75) is 70.2 Å². The molecule has 7 heteroatoms. The number of benzene rings is 2. The number of amides is 2. The molecule has 1 radical (unpaired) electrons. The van der Waals surface area contributed by atoms with Crippen LogP contribution in [-0.2, 0) is 27.2 Å². The first-order valence-corrected chi connectivity index (χ1v) is 15.2. The molecule has 6 nitrogen and oxygen atoms in total. The minimum absolute atomic E-state index is 0.00615. The number of nitrogens with one attached hydrogen (secondary N) is 2. The fourth-order valence-electron chi connectivity index (χ4n) is 4.65. The van der Waals surface area contributed by atoms with Crippen LogP contribution in [0.25, 0.3) is 0 Å². The Morgan fingerprint density at radius 1 is 1.05 bits per heavy atom. The molecule has 0 fully saturated rings. The summed E-state index contributed by atoms with van der Waals surface area (Å²) in [5, 5.41) is 6.21. The molecule has 1 aliphatic rings. The summed E-state index contributed by atoms with van der Waals surface area (Å²) in [4.78, 5) is 41.9. The van der Waals surface area contributed by atoms with Crippen LogP contribution in [0.2, 0.25) is 4.71 Å². The van der Waals surface area contributed by atoms with Gasteiger partial charge in [-0.3, -0.25) is 0 Å². The maximum absolute atomic E-state index is 14.0. The van der Waals surface area contributed by atoms with Crippen LogP contribution in [0.5, 0.6) is 0 Å². The molecule has 0 heterocycles. The number of hydrogen-bond acceptors (Lipinski definition) is 4. The third kappa shape index (κ3) is 8.28. The summed E-state index contributed by atoms with van der Waals surface area (Å²) in [6.45, 7) is 8.30. The standard InChI is InChI=1S/C30H41AsN3O3/c1-21(32-5)28(36)31-27(30(2,3)4)29(37)34(19-18-22-12-7-6-8-13-22)20-26(35)33-25-17-11-15-23-14-9-10-16-24(23)25/h6-10,12-14,16,21,25,27,32H,11,15,17-20H2,1-5H3,(H,33,35). The number of fused-ring (bicyclic) bond motifs is 1. The predicted octanol–water partition coefficient (Wildman–Crippen LogP) is 3.92. The molecule has 3 atom stereocenters. The summed E-state index contributed by atoms with van der Waals surface area (Å²) >= 11 is -0.902. The molecule has 0 spiro atoms. The summed E-state index contributed by atoms with van der Waals surface area (Å²) in [5.41, 5.74) is 3.19. The number of carbonyl (C=O) groups excluding carboxylic acids is 3. The number of aryl methyl sites for hydroxylation is 1. The topological polar surface area (TPSA) is 78.5 Å². The van der Waals surface area contributed by atoms with Crippen LogP contribution in [-0.4, -0.2) is 63.2 Å². The first kappa shape index (κ1) is 29.1. The van der Waals surface area contributed by atoms with Gasteiger partial charge in [-0.1, -0.05) is 0 Å². The fraction of sp³-hybridized carbons (Fsp3) is 0.500. The van der Waals surface area contributed by atoms with E-state index in [0.29, 0.717) is 13.0 Å². The summed E-state index contributed by atoms with van der Waals surface area (Å²) in [5.74, 6) is -0.249. The van der Waals surface area contributed by atoms with E-state index in [2.05, 4.69) is 22.8 Å². The number of hydrogen-bond donors (Lipinski definition) is 2. The summed E-state index contributed by atoms with van der Waals surface area (Å²) in [7, 11) is 1.76. The Morgan fingerprint density at radius 2 is 1.73 bits per heavy atom. The van der Waals surface area contributed by atoms with Crippen LogP contribution in [0.1, 0.15) is 63.3 Å². The fourth-order valence-corrected chi connectivity index (χ4v) is 7.31. The van der Waals surface area contributed by atoms with Gasteiger partial charge in [0.25, 0.3) is 0 Å². The van der Waals surface area contributed by atoms with Gasteiger partial charge in [0.15, 0.2) is 0 Å². The second-order valence-corrected chi connectivity index (χ2v) is 13.5. The van der Waals surface area contributed by atoms with Crippen molar-refractivity contribution in [1.82, 2.24) is 15.5 Å². The van der Waals surface area contributed by atoms with Crippen molar-refractivity contribution >= 4 is 32.1 Å². The summed E-state index contributed by atoms with van der Waals surface area (Å²) in [6.07, 6.45) is 3.60. The zero-order chi connectivity index (χ0) is 27.0. The van der Waals surface area contributed by atoms with Gasteiger partial charge in [0.2, 0.25) is 0 Å². The van der Waals surface area contributed by atoms with E-state index in [9.17, 15) is 14.4 Å². The second kappa shape index (κ2) is 13.4. The average molecular weight is 567 g/mol. The third-order valence-corrected chi connectivity index (χ3v) is 11.0. The van der Waals surface area contributed by atoms with E-state index >= 15 is 0 Å². The van der Waals surface area contributed by atoms with Crippen molar-refractivity contribution in [3.63, 3.8) is 0 Å². The monoisotopic (exact) mass is 566 g/mol. The Morgan fingerprint density at radius 3 is 2.41 bits per heavy atom. The van der Waals surface area contributed by atoms with Crippen LogP contribution in [0.3, 0.4) is 0 Å². The second-order valence-electron chi connectivity index (χ2n) is 11.0. The molecule has 0 saturated heterocycles. The SMILES string of the molecule is CNC(C)C(=O)[As]C(C(=O)N(CCc1ccccc1)CC(=O)NC1CCCc2ccccc21)C(C)(C)C. The molecular formula is C30H41AsN3O3. The first-order valence-electron chi connectivity index (χ1n) is 13.2. The Bertz CT molecular complexity index is 1070. The number of carbonyl (C=O) groups is 3. The summed E-state index contributed by atoms with van der Waals surface area (Å²) < 4.78 is -0.329. The van der Waals surface area contributed by atoms with Crippen molar-refractivity contribution in [1.29, 1.82) is 0 Å². The first-order chi connectivity index (χ1) is 17.6. The molecule has 0 saturated carbocycles. The van der Waals surface area contributed by atoms with Gasteiger partial charge in [-0.15, -0.1) is 0 Å². The Labute approximate surface area is 228 Å². The van der Waals surface area contributed by atoms with Crippen LogP contribution >= 0.6 is 0 Å². The summed E-state index contributed by atoms with van der Waals surface area (Å²) in [6, 6.07) is 17.9. The van der Waals surface area contributed by atoms with Gasteiger partial charge in [-0.2, -0.15) is 0 Å². The van der Waals surface area contributed by atoms with Gasteiger partial charge in [0.1, 0.15) is 0 Å². The van der Waals surface area contributed by atoms with Gasteiger partial charge >= 0.3 is 229 Å². The van der Waals surface area contributed by atoms with Crippen LogP contribution in [0.15, 0.2) is 54.6 Å². The zero-order valence-corrected chi connectivity index (χ0v) is 24.7. The normalized spacial score (nSPS) is 17.2. The van der Waals surface area contributed by atoms with E-state index in [4.69, 9.17) is 0 Å². The van der Waals surface area contributed by atoms with E-state index in [0.717, 1.165) is 24.8 Å². The van der Waals surface area contributed by atoms with Crippen molar-refractivity contribution in [2.24, 2.45) is 5.41 Å². The molecule has 2 aromatic carbocycles. The molecule has 2 amide bonds. The molecule has 199 valence electrons. The number of nitrogens with zero attached hydrogens (tertiary/aromatic N) is 1. The molecule has 0 bridgehead atoms. The predicted molar refractivity (Wildman–Crippen MR) is 149 cm³/mol. The van der Waals surface area contributed by atoms with Gasteiger partial charge in [0.05, 0.1) is 0 Å². The quantitative estimate of drug-likeness (QED) is 0.405. The van der Waals surface area contributed by atoms with Gasteiger partial charge in [-0.25, -0.2) is 0 Å². The van der Waals surface area contributed by atoms with E-state index < -0.39 is 20.5 Å². The zero-order valence-electron chi connectivity index (χ0n) is 22.8. The number of likely N-dealkylation sites (N-methyl/N-ethyl adjacent to an activating group) is 1. The van der Waals surface area contributed by atoms with Gasteiger partial charge in [0, 0.05) is 0 Å². The van der Waals surface area contributed by atoms with Crippen LogP contribution in [0.4, 0.5) is 0 Å². The number of rotatable bonds is 11. The molecule has 1 aliphatic carbocycles. The molecule has 3 rings (SSSR count). The Balaban J connectivity index is 1.79. The van der Waals surface area contributed by atoms with Crippen molar-refractivity contribution in [3.05, 3.63) is 71.3 Å². The molecule has 0 aliphatic heterocycles. The van der Waals surface area contributed by atoms with E-state index in [-0.39, 0.29) is 40.4 Å². The minimum atomic E-state index is -0.902. The maximum atomic E-state index is 14.0. The van der Waals surface area contributed by atoms with Crippen molar-refractivity contribution in [2.75, 3.05) is 20.1 Å². The van der Waals surface area contributed by atoms with Crippen LogP contribution < -0.4 is 10.6 Å². The Hall–Kier alpha value is -2.43. The Kier molecular flexibility index (Phi) is 10.5. The van der Waals surface area contributed by atoms with E-state index in [1.165, 1.54) is 11.1 Å². The van der Waals surface area contributed by atoms with Gasteiger partial charge < -0.3 is 0 Å². The molecule has 37 heavy (non-hydrogen) atoms. The molecule has 2 N–H and O–H groups in total. The molecule has 0 aromatic heterocycles. The van der Waals surface area contributed by atoms with E-state index in [1.54, 1.807) is 11.9 Å². The molecule has 2 aromatic rings. The molecule has 3 unspecified atom stereocenters. The van der Waals surface area contributed by atoms with Crippen LogP contribution in [0, 0.1) is 5.41 Å². The van der Waals surface area contributed by atoms with Crippen molar-refractivity contribution < 1.29 is 14.4 Å². The van der Waals surface area contributed by atoms with E-state index in [1.807, 2.05) is 70.2 Å². The van der Waals surface area contributed by atoms with Crippen molar-refractivity contribution in [3.8, 4) is 0 Å². The third-order valence-electron chi connectivity index (χ3n) is 6.98.